The molecule has 2 aromatic heterocycles. The van der Waals surface area contributed by atoms with Crippen molar-refractivity contribution in [3.8, 4) is 0 Å². The number of aromatic nitrogens is 3. The Morgan fingerprint density at radius 2 is 1.94 bits per heavy atom. The van der Waals surface area contributed by atoms with Gasteiger partial charge in [-0.1, -0.05) is 12.1 Å². The van der Waals surface area contributed by atoms with Crippen molar-refractivity contribution in [3.05, 3.63) is 64.7 Å². The van der Waals surface area contributed by atoms with E-state index in [0.717, 1.165) is 30.6 Å². The van der Waals surface area contributed by atoms with Crippen LogP contribution in [0.4, 0.5) is 11.5 Å². The smallest absolute Gasteiger partial charge is 0.238 e. The van der Waals surface area contributed by atoms with E-state index in [0.29, 0.717) is 31.1 Å². The third kappa shape index (κ3) is 4.71. The van der Waals surface area contributed by atoms with E-state index in [2.05, 4.69) is 37.9 Å². The summed E-state index contributed by atoms with van der Waals surface area (Å²) in [6.07, 6.45) is 3.36. The lowest BCUT2D eigenvalue weighted by molar-refractivity contribution is -0.123. The molecule has 170 valence electrons. The zero-order valence-corrected chi connectivity index (χ0v) is 19.0. The molecule has 4 heterocycles. The van der Waals surface area contributed by atoms with Crippen molar-refractivity contribution in [1.29, 1.82) is 0 Å². The summed E-state index contributed by atoms with van der Waals surface area (Å²) in [6.45, 7) is 2.95. The number of hydrogen-bond donors (Lipinski definition) is 2. The molecule has 0 spiro atoms. The van der Waals surface area contributed by atoms with Gasteiger partial charge < -0.3 is 10.6 Å². The summed E-state index contributed by atoms with van der Waals surface area (Å²) in [6, 6.07) is 11.6. The van der Waals surface area contributed by atoms with E-state index in [1.165, 1.54) is 11.3 Å². The monoisotopic (exact) mass is 462 g/mol. The van der Waals surface area contributed by atoms with Crippen LogP contribution in [-0.2, 0) is 11.2 Å². The third-order valence-corrected chi connectivity index (χ3v) is 7.06. The zero-order valence-electron chi connectivity index (χ0n) is 18.2. The number of hydrogen-bond acceptors (Lipinski definition) is 8. The number of piperidine rings is 1. The molecule has 0 saturated carbocycles. The SMILES string of the molecule is O=C(c1cscn1)C1CNCCC1Cc1ccc(N(C(=O)C2CNC2)c2cccnn2)cc1. The first-order valence-electron chi connectivity index (χ1n) is 11.2. The molecule has 2 atom stereocenters. The predicted octanol–water partition coefficient (Wildman–Crippen LogP) is 2.47. The number of anilines is 2. The number of rotatable bonds is 7. The summed E-state index contributed by atoms with van der Waals surface area (Å²) in [5, 5.41) is 16.5. The predicted molar refractivity (Wildman–Crippen MR) is 127 cm³/mol. The Morgan fingerprint density at radius 1 is 1.09 bits per heavy atom. The Balaban J connectivity index is 1.34. The highest BCUT2D eigenvalue weighted by atomic mass is 32.1. The Bertz CT molecular complexity index is 1090. The lowest BCUT2D eigenvalue weighted by Crippen LogP contribution is -2.51. The van der Waals surface area contributed by atoms with Gasteiger partial charge in [-0.3, -0.25) is 14.5 Å². The number of thiazole rings is 1. The van der Waals surface area contributed by atoms with Crippen LogP contribution in [0.1, 0.15) is 22.5 Å². The maximum Gasteiger partial charge on any atom is 0.238 e. The van der Waals surface area contributed by atoms with Gasteiger partial charge in [-0.05, 0) is 55.1 Å². The molecular formula is C24H26N6O2S. The minimum absolute atomic E-state index is 0.0225. The maximum atomic E-state index is 13.1. The first-order valence-corrected chi connectivity index (χ1v) is 12.2. The summed E-state index contributed by atoms with van der Waals surface area (Å²) in [4.78, 5) is 32.0. The molecule has 33 heavy (non-hydrogen) atoms. The van der Waals surface area contributed by atoms with Crippen LogP contribution in [-0.4, -0.2) is 53.1 Å². The second-order valence-corrected chi connectivity index (χ2v) is 9.30. The molecule has 8 nitrogen and oxygen atoms in total. The van der Waals surface area contributed by atoms with Gasteiger partial charge in [-0.15, -0.1) is 16.4 Å². The van der Waals surface area contributed by atoms with Crippen LogP contribution >= 0.6 is 11.3 Å². The van der Waals surface area contributed by atoms with Gasteiger partial charge in [0.25, 0.3) is 0 Å². The van der Waals surface area contributed by atoms with Crippen LogP contribution in [0.15, 0.2) is 53.5 Å². The summed E-state index contributed by atoms with van der Waals surface area (Å²) >= 11 is 1.45. The van der Waals surface area contributed by atoms with Crippen LogP contribution in [0.5, 0.6) is 0 Å². The molecular weight excluding hydrogens is 436 g/mol. The molecule has 5 rings (SSSR count). The standard InChI is InChI=1S/C24H26N6O2S/c31-23(21-14-33-15-27-21)20-13-25-9-7-17(20)10-16-3-5-19(6-4-16)30(22-2-1-8-28-29-22)24(32)18-11-26-12-18/h1-6,8,14-15,17-18,20,25-26H,7,9-13H2. The van der Waals surface area contributed by atoms with Crippen LogP contribution in [0, 0.1) is 17.8 Å². The second kappa shape index (κ2) is 9.86. The van der Waals surface area contributed by atoms with Crippen molar-refractivity contribution in [2.24, 2.45) is 17.8 Å². The molecule has 0 radical (unpaired) electrons. The molecule has 2 saturated heterocycles. The van der Waals surface area contributed by atoms with Crippen molar-refractivity contribution >= 4 is 34.5 Å². The largest absolute Gasteiger partial charge is 0.316 e. The summed E-state index contributed by atoms with van der Waals surface area (Å²) in [5.41, 5.74) is 4.20. The number of Topliss-reactive ketones (excluding diaryl/α,β-unsaturated/α-hetero) is 1. The number of ketones is 1. The topological polar surface area (TPSA) is 100 Å². The van der Waals surface area contributed by atoms with Gasteiger partial charge in [-0.25, -0.2) is 4.98 Å². The lowest BCUT2D eigenvalue weighted by atomic mass is 9.79. The lowest BCUT2D eigenvalue weighted by Gasteiger charge is -2.32. The highest BCUT2D eigenvalue weighted by molar-refractivity contribution is 7.07. The van der Waals surface area contributed by atoms with Gasteiger partial charge in [-0.2, -0.15) is 5.10 Å². The molecule has 0 aliphatic carbocycles. The minimum Gasteiger partial charge on any atom is -0.316 e. The van der Waals surface area contributed by atoms with E-state index >= 15 is 0 Å². The van der Waals surface area contributed by atoms with Gasteiger partial charge in [0.1, 0.15) is 5.69 Å². The average Bonchev–Trinajstić information content (AvgIpc) is 3.35. The molecule has 3 aromatic rings. The van der Waals surface area contributed by atoms with Crippen LogP contribution in [0.25, 0.3) is 0 Å². The summed E-state index contributed by atoms with van der Waals surface area (Å²) in [7, 11) is 0. The number of benzene rings is 1. The van der Waals surface area contributed by atoms with E-state index in [1.54, 1.807) is 28.7 Å². The molecule has 9 heteroatoms. The maximum absolute atomic E-state index is 13.1. The third-order valence-electron chi connectivity index (χ3n) is 6.48. The summed E-state index contributed by atoms with van der Waals surface area (Å²) in [5.74, 6) is 0.788. The normalized spacial score (nSPS) is 20.7. The van der Waals surface area contributed by atoms with Crippen molar-refractivity contribution in [1.82, 2.24) is 25.8 Å². The van der Waals surface area contributed by atoms with Gasteiger partial charge in [0, 0.05) is 37.1 Å². The molecule has 1 aromatic carbocycles. The number of nitrogens with zero attached hydrogens (tertiary/aromatic N) is 4. The Labute approximate surface area is 196 Å². The van der Waals surface area contributed by atoms with Crippen molar-refractivity contribution in [3.63, 3.8) is 0 Å². The summed E-state index contributed by atoms with van der Waals surface area (Å²) < 4.78 is 0. The van der Waals surface area contributed by atoms with E-state index in [4.69, 9.17) is 0 Å². The van der Waals surface area contributed by atoms with Gasteiger partial charge in [0.05, 0.1) is 17.1 Å². The van der Waals surface area contributed by atoms with Crippen molar-refractivity contribution < 1.29 is 9.59 Å². The van der Waals surface area contributed by atoms with Gasteiger partial charge in [0.2, 0.25) is 5.91 Å². The second-order valence-electron chi connectivity index (χ2n) is 8.58. The first-order chi connectivity index (χ1) is 16.2. The quantitative estimate of drug-likeness (QED) is 0.520. The average molecular weight is 463 g/mol. The molecule has 2 aliphatic heterocycles. The highest BCUT2D eigenvalue weighted by Crippen LogP contribution is 2.30. The number of nitrogens with one attached hydrogen (secondary N) is 2. The number of carbonyl (C=O) groups excluding carboxylic acids is 2. The van der Waals surface area contributed by atoms with E-state index in [-0.39, 0.29) is 29.4 Å². The molecule has 0 bridgehead atoms. The van der Waals surface area contributed by atoms with E-state index in [1.807, 2.05) is 17.5 Å². The van der Waals surface area contributed by atoms with Crippen molar-refractivity contribution in [2.45, 2.75) is 12.8 Å². The van der Waals surface area contributed by atoms with Gasteiger partial charge in [0.15, 0.2) is 11.6 Å². The highest BCUT2D eigenvalue weighted by Gasteiger charge is 2.33. The molecule has 1 amide bonds. The zero-order chi connectivity index (χ0) is 22.6. The molecule has 2 fully saturated rings. The van der Waals surface area contributed by atoms with Crippen molar-refractivity contribution in [2.75, 3.05) is 31.1 Å². The van der Waals surface area contributed by atoms with Crippen LogP contribution < -0.4 is 15.5 Å². The molecule has 2 aliphatic rings. The fraction of sp³-hybridized carbons (Fsp3) is 0.375. The Hall–Kier alpha value is -3.01. The fourth-order valence-corrected chi connectivity index (χ4v) is 5.04. The number of carbonyl (C=O) groups is 2. The minimum atomic E-state index is -0.0793. The van der Waals surface area contributed by atoms with Gasteiger partial charge >= 0.3 is 0 Å². The fourth-order valence-electron chi connectivity index (χ4n) is 4.50. The van der Waals surface area contributed by atoms with Crippen LogP contribution in [0.2, 0.25) is 0 Å². The first kappa shape index (κ1) is 21.8. The van der Waals surface area contributed by atoms with E-state index in [9.17, 15) is 9.59 Å². The Kier molecular flexibility index (Phi) is 6.52. The van der Waals surface area contributed by atoms with E-state index < -0.39 is 0 Å². The molecule has 2 unspecified atom stereocenters. The Morgan fingerprint density at radius 3 is 2.61 bits per heavy atom. The molecule has 2 N–H and O–H groups in total. The number of amides is 1. The van der Waals surface area contributed by atoms with Crippen LogP contribution in [0.3, 0.4) is 0 Å².